The van der Waals surface area contributed by atoms with Crippen molar-refractivity contribution in [2.24, 2.45) is 0 Å². The van der Waals surface area contributed by atoms with Crippen molar-refractivity contribution in [3.8, 4) is 0 Å². The van der Waals surface area contributed by atoms with Crippen molar-refractivity contribution in [1.29, 1.82) is 0 Å². The number of hydrogen-bond donors (Lipinski definition) is 2. The van der Waals surface area contributed by atoms with Crippen LogP contribution in [0.15, 0.2) is 29.9 Å². The molecule has 0 saturated carbocycles. The van der Waals surface area contributed by atoms with Crippen LogP contribution in [0.3, 0.4) is 0 Å². The summed E-state index contributed by atoms with van der Waals surface area (Å²) in [6, 6.07) is 4.06. The van der Waals surface area contributed by atoms with Gasteiger partial charge in [0.05, 0.1) is 12.4 Å². The third-order valence-corrected chi connectivity index (χ3v) is 3.31. The second kappa shape index (κ2) is 6.11. The highest BCUT2D eigenvalue weighted by molar-refractivity contribution is 7.09. The molecule has 2 rings (SSSR count). The van der Waals surface area contributed by atoms with Crippen LogP contribution in [0.1, 0.15) is 15.4 Å². The molecule has 0 fully saturated rings. The summed E-state index contributed by atoms with van der Waals surface area (Å²) in [6.07, 6.45) is 3.84. The van der Waals surface area contributed by atoms with Gasteiger partial charge < -0.3 is 10.6 Å². The molecule has 0 spiro atoms. The Kier molecular flexibility index (Phi) is 4.25. The van der Waals surface area contributed by atoms with Crippen LogP contribution in [0.2, 0.25) is 0 Å². The topological polar surface area (TPSA) is 66.9 Å². The maximum Gasteiger partial charge on any atom is 0.271 e. The highest BCUT2D eigenvalue weighted by atomic mass is 32.1. The summed E-state index contributed by atoms with van der Waals surface area (Å²) in [5.74, 6) is 0.451. The molecule has 0 bridgehead atoms. The van der Waals surface area contributed by atoms with E-state index < -0.39 is 0 Å². The molecule has 2 N–H and O–H groups in total. The number of rotatable bonds is 5. The molecule has 0 aliphatic rings. The number of nitrogens with one attached hydrogen (secondary N) is 2. The lowest BCUT2D eigenvalue weighted by molar-refractivity contribution is 0.0949. The van der Waals surface area contributed by atoms with E-state index in [1.165, 1.54) is 17.3 Å². The van der Waals surface area contributed by atoms with Gasteiger partial charge in [0.2, 0.25) is 0 Å². The molecular weight excluding hydrogens is 248 g/mol. The standard InChI is InChI=1S/C12H14N4OS/c1-13-11-8-15-10(7-16-11)12(17)14-5-4-9-3-2-6-18-9/h2-3,6-8H,4-5H2,1H3,(H,13,16)(H,14,17). The molecule has 0 saturated heterocycles. The predicted octanol–water partition coefficient (Wildman–Crippen LogP) is 1.55. The molecule has 0 aliphatic carbocycles. The Bertz CT molecular complexity index is 495. The first-order valence-corrected chi connectivity index (χ1v) is 6.48. The number of aromatic nitrogens is 2. The highest BCUT2D eigenvalue weighted by Crippen LogP contribution is 2.08. The van der Waals surface area contributed by atoms with Gasteiger partial charge in [-0.25, -0.2) is 9.97 Å². The molecule has 2 heterocycles. The van der Waals surface area contributed by atoms with Gasteiger partial charge in [-0.15, -0.1) is 11.3 Å². The normalized spacial score (nSPS) is 10.1. The summed E-state index contributed by atoms with van der Waals surface area (Å²) >= 11 is 1.69. The van der Waals surface area contributed by atoms with Crippen LogP contribution in [0.4, 0.5) is 5.82 Å². The van der Waals surface area contributed by atoms with E-state index in [1.807, 2.05) is 11.4 Å². The molecule has 94 valence electrons. The first-order valence-electron chi connectivity index (χ1n) is 5.60. The first kappa shape index (κ1) is 12.5. The minimum Gasteiger partial charge on any atom is -0.372 e. The summed E-state index contributed by atoms with van der Waals surface area (Å²) in [5, 5.41) is 7.70. The van der Waals surface area contributed by atoms with Gasteiger partial charge in [0.15, 0.2) is 0 Å². The van der Waals surface area contributed by atoms with E-state index in [9.17, 15) is 4.79 Å². The van der Waals surface area contributed by atoms with Gasteiger partial charge in [0.1, 0.15) is 11.5 Å². The molecule has 1 amide bonds. The van der Waals surface area contributed by atoms with Gasteiger partial charge in [0.25, 0.3) is 5.91 Å². The van der Waals surface area contributed by atoms with Crippen LogP contribution >= 0.6 is 11.3 Å². The maximum absolute atomic E-state index is 11.7. The van der Waals surface area contributed by atoms with E-state index in [0.717, 1.165) is 6.42 Å². The molecule has 0 radical (unpaired) electrons. The van der Waals surface area contributed by atoms with Crippen LogP contribution in [-0.4, -0.2) is 29.5 Å². The van der Waals surface area contributed by atoms with Crippen LogP contribution in [0, 0.1) is 0 Å². The van der Waals surface area contributed by atoms with E-state index in [-0.39, 0.29) is 5.91 Å². The number of thiophene rings is 1. The zero-order valence-corrected chi connectivity index (χ0v) is 10.8. The van der Waals surface area contributed by atoms with Crippen molar-refractivity contribution < 1.29 is 4.79 Å². The molecule has 2 aromatic heterocycles. The van der Waals surface area contributed by atoms with Gasteiger partial charge in [0, 0.05) is 18.5 Å². The van der Waals surface area contributed by atoms with Gasteiger partial charge >= 0.3 is 0 Å². The number of nitrogens with zero attached hydrogens (tertiary/aromatic N) is 2. The molecule has 18 heavy (non-hydrogen) atoms. The number of carbonyl (C=O) groups is 1. The van der Waals surface area contributed by atoms with Crippen molar-refractivity contribution in [2.75, 3.05) is 18.9 Å². The minimum atomic E-state index is -0.193. The van der Waals surface area contributed by atoms with Crippen LogP contribution < -0.4 is 10.6 Å². The molecule has 0 aliphatic heterocycles. The third-order valence-electron chi connectivity index (χ3n) is 2.38. The Labute approximate surface area is 109 Å². The maximum atomic E-state index is 11.7. The molecule has 0 atom stereocenters. The van der Waals surface area contributed by atoms with Gasteiger partial charge in [-0.1, -0.05) is 6.07 Å². The summed E-state index contributed by atoms with van der Waals surface area (Å²) in [7, 11) is 1.75. The highest BCUT2D eigenvalue weighted by Gasteiger charge is 2.07. The van der Waals surface area contributed by atoms with Crippen LogP contribution in [0.5, 0.6) is 0 Å². The second-order valence-electron chi connectivity index (χ2n) is 3.62. The zero-order chi connectivity index (χ0) is 12.8. The van der Waals surface area contributed by atoms with E-state index in [1.54, 1.807) is 18.4 Å². The molecule has 6 heteroatoms. The van der Waals surface area contributed by atoms with Gasteiger partial charge in [-0.3, -0.25) is 4.79 Å². The zero-order valence-electron chi connectivity index (χ0n) is 10.0. The van der Waals surface area contributed by atoms with Gasteiger partial charge in [-0.2, -0.15) is 0 Å². The lowest BCUT2D eigenvalue weighted by Crippen LogP contribution is -2.26. The Morgan fingerprint density at radius 1 is 1.39 bits per heavy atom. The fourth-order valence-corrected chi connectivity index (χ4v) is 2.13. The Hall–Kier alpha value is -1.95. The molecule has 5 nitrogen and oxygen atoms in total. The smallest absolute Gasteiger partial charge is 0.271 e. The van der Waals surface area contributed by atoms with E-state index in [4.69, 9.17) is 0 Å². The fourth-order valence-electron chi connectivity index (χ4n) is 1.42. The molecule has 2 aromatic rings. The molecular formula is C12H14N4OS. The van der Waals surface area contributed by atoms with Crippen molar-refractivity contribution in [3.05, 3.63) is 40.5 Å². The lowest BCUT2D eigenvalue weighted by Gasteiger charge is -2.04. The number of carbonyl (C=O) groups excluding carboxylic acids is 1. The number of hydrogen-bond acceptors (Lipinski definition) is 5. The van der Waals surface area contributed by atoms with Crippen molar-refractivity contribution in [3.63, 3.8) is 0 Å². The first-order chi connectivity index (χ1) is 8.79. The monoisotopic (exact) mass is 262 g/mol. The van der Waals surface area contributed by atoms with Crippen molar-refractivity contribution >= 4 is 23.1 Å². The number of amides is 1. The average molecular weight is 262 g/mol. The lowest BCUT2D eigenvalue weighted by atomic mass is 10.3. The summed E-state index contributed by atoms with van der Waals surface area (Å²) in [6.45, 7) is 0.606. The Morgan fingerprint density at radius 2 is 2.28 bits per heavy atom. The Balaban J connectivity index is 1.83. The molecule has 0 unspecified atom stereocenters. The van der Waals surface area contributed by atoms with Gasteiger partial charge in [-0.05, 0) is 17.9 Å². The van der Waals surface area contributed by atoms with E-state index in [0.29, 0.717) is 18.1 Å². The average Bonchev–Trinajstić information content (AvgIpc) is 2.92. The minimum absolute atomic E-state index is 0.193. The quantitative estimate of drug-likeness (QED) is 0.858. The van der Waals surface area contributed by atoms with Crippen LogP contribution in [-0.2, 0) is 6.42 Å². The van der Waals surface area contributed by atoms with Crippen LogP contribution in [0.25, 0.3) is 0 Å². The van der Waals surface area contributed by atoms with E-state index >= 15 is 0 Å². The third kappa shape index (κ3) is 3.27. The fraction of sp³-hybridized carbons (Fsp3) is 0.250. The Morgan fingerprint density at radius 3 is 2.89 bits per heavy atom. The number of anilines is 1. The largest absolute Gasteiger partial charge is 0.372 e. The van der Waals surface area contributed by atoms with E-state index in [2.05, 4.69) is 26.7 Å². The van der Waals surface area contributed by atoms with Crippen molar-refractivity contribution in [1.82, 2.24) is 15.3 Å². The SMILES string of the molecule is CNc1cnc(C(=O)NCCc2cccs2)cn1. The van der Waals surface area contributed by atoms with Crippen molar-refractivity contribution in [2.45, 2.75) is 6.42 Å². The molecule has 0 aromatic carbocycles. The summed E-state index contributed by atoms with van der Waals surface area (Å²) in [4.78, 5) is 21.1. The summed E-state index contributed by atoms with van der Waals surface area (Å²) < 4.78 is 0. The predicted molar refractivity (Wildman–Crippen MR) is 71.9 cm³/mol. The summed E-state index contributed by atoms with van der Waals surface area (Å²) in [5.41, 5.74) is 0.333. The second-order valence-corrected chi connectivity index (χ2v) is 4.65.